The van der Waals surface area contributed by atoms with Crippen molar-refractivity contribution in [2.75, 3.05) is 0 Å². The van der Waals surface area contributed by atoms with E-state index >= 15 is 0 Å². The Bertz CT molecular complexity index is 657. The van der Waals surface area contributed by atoms with E-state index in [1.54, 1.807) is 10.9 Å². The van der Waals surface area contributed by atoms with Crippen molar-refractivity contribution in [1.82, 2.24) is 15.0 Å². The normalized spacial score (nSPS) is 10.9. The molecule has 17 heavy (non-hydrogen) atoms. The Labute approximate surface area is 98.7 Å². The third-order valence-electron chi connectivity index (χ3n) is 2.81. The molecule has 84 valence electrons. The number of aromatic nitrogens is 3. The van der Waals surface area contributed by atoms with Crippen LogP contribution in [0.1, 0.15) is 5.69 Å². The number of nitrogens with two attached hydrogens (primary N) is 1. The third-order valence-corrected chi connectivity index (χ3v) is 2.81. The molecule has 0 saturated heterocycles. The summed E-state index contributed by atoms with van der Waals surface area (Å²) in [6.45, 7) is 0.430. The number of nitrogens with zero attached hydrogens (tertiary/aromatic N) is 3. The van der Waals surface area contributed by atoms with Crippen molar-refractivity contribution in [3.63, 3.8) is 0 Å². The van der Waals surface area contributed by atoms with Crippen LogP contribution in [-0.4, -0.2) is 15.0 Å². The van der Waals surface area contributed by atoms with Gasteiger partial charge in [0.15, 0.2) is 0 Å². The average Bonchev–Trinajstić information content (AvgIpc) is 2.86. The molecule has 4 nitrogen and oxygen atoms in total. The molecule has 4 heteroatoms. The Balaban J connectivity index is 2.18. The van der Waals surface area contributed by atoms with Crippen LogP contribution in [0.15, 0.2) is 48.7 Å². The molecule has 0 aliphatic heterocycles. The lowest BCUT2D eigenvalue weighted by Crippen LogP contribution is -2.06. The van der Waals surface area contributed by atoms with Crippen molar-refractivity contribution in [3.8, 4) is 5.69 Å². The first-order valence-electron chi connectivity index (χ1n) is 5.47. The average molecular weight is 224 g/mol. The minimum atomic E-state index is 0.430. The topological polar surface area (TPSA) is 56.7 Å². The highest BCUT2D eigenvalue weighted by Gasteiger charge is 2.04. The standard InChI is InChI=1S/C13H12N4/c14-8-13-9-15-16-17(13)12-6-5-10-3-1-2-4-11(10)7-12/h1-7,9H,8,14H2. The maximum atomic E-state index is 5.64. The highest BCUT2D eigenvalue weighted by molar-refractivity contribution is 5.84. The first kappa shape index (κ1) is 9.99. The predicted molar refractivity (Wildman–Crippen MR) is 66.8 cm³/mol. The van der Waals surface area contributed by atoms with Crippen molar-refractivity contribution >= 4 is 10.8 Å². The molecule has 1 heterocycles. The minimum Gasteiger partial charge on any atom is -0.325 e. The Hall–Kier alpha value is -2.20. The second kappa shape index (κ2) is 3.99. The summed E-state index contributed by atoms with van der Waals surface area (Å²) in [5, 5.41) is 10.3. The Kier molecular flexibility index (Phi) is 2.34. The highest BCUT2D eigenvalue weighted by atomic mass is 15.4. The zero-order valence-corrected chi connectivity index (χ0v) is 9.24. The number of hydrogen-bond donors (Lipinski definition) is 1. The lowest BCUT2D eigenvalue weighted by atomic mass is 10.1. The molecule has 0 spiro atoms. The van der Waals surface area contributed by atoms with Gasteiger partial charge in [-0.1, -0.05) is 35.5 Å². The zero-order chi connectivity index (χ0) is 11.7. The third kappa shape index (κ3) is 1.68. The molecule has 3 aromatic rings. The van der Waals surface area contributed by atoms with Gasteiger partial charge in [0.05, 0.1) is 17.6 Å². The van der Waals surface area contributed by atoms with Gasteiger partial charge in [-0.25, -0.2) is 4.68 Å². The number of hydrogen-bond acceptors (Lipinski definition) is 3. The molecule has 0 aliphatic rings. The molecular formula is C13H12N4. The fraction of sp³-hybridized carbons (Fsp3) is 0.0769. The molecule has 0 saturated carbocycles. The van der Waals surface area contributed by atoms with Crippen molar-refractivity contribution in [1.29, 1.82) is 0 Å². The van der Waals surface area contributed by atoms with Gasteiger partial charge in [-0.15, -0.1) is 5.10 Å². The van der Waals surface area contributed by atoms with Gasteiger partial charge in [0.1, 0.15) is 0 Å². The van der Waals surface area contributed by atoms with E-state index in [0.717, 1.165) is 11.4 Å². The summed E-state index contributed by atoms with van der Waals surface area (Å²) in [7, 11) is 0. The van der Waals surface area contributed by atoms with E-state index in [4.69, 9.17) is 5.73 Å². The molecule has 1 aromatic heterocycles. The molecule has 0 atom stereocenters. The summed E-state index contributed by atoms with van der Waals surface area (Å²) in [6.07, 6.45) is 1.69. The van der Waals surface area contributed by atoms with Crippen molar-refractivity contribution in [2.45, 2.75) is 6.54 Å². The fourth-order valence-electron chi connectivity index (χ4n) is 1.92. The molecule has 3 rings (SSSR count). The summed E-state index contributed by atoms with van der Waals surface area (Å²) in [6, 6.07) is 14.4. The first-order chi connectivity index (χ1) is 8.38. The Morgan fingerprint density at radius 1 is 1.06 bits per heavy atom. The van der Waals surface area contributed by atoms with Gasteiger partial charge < -0.3 is 5.73 Å². The molecule has 0 amide bonds. The van der Waals surface area contributed by atoms with Crippen LogP contribution >= 0.6 is 0 Å². The molecular weight excluding hydrogens is 212 g/mol. The molecule has 2 N–H and O–H groups in total. The maximum absolute atomic E-state index is 5.64. The predicted octanol–water partition coefficient (Wildman–Crippen LogP) is 1.88. The van der Waals surface area contributed by atoms with Crippen molar-refractivity contribution in [2.24, 2.45) is 5.73 Å². The van der Waals surface area contributed by atoms with E-state index in [9.17, 15) is 0 Å². The van der Waals surface area contributed by atoms with E-state index in [-0.39, 0.29) is 0 Å². The zero-order valence-electron chi connectivity index (χ0n) is 9.24. The van der Waals surface area contributed by atoms with Gasteiger partial charge >= 0.3 is 0 Å². The van der Waals surface area contributed by atoms with Crippen LogP contribution in [0.3, 0.4) is 0 Å². The van der Waals surface area contributed by atoms with Crippen LogP contribution < -0.4 is 5.73 Å². The number of fused-ring (bicyclic) bond motifs is 1. The van der Waals surface area contributed by atoms with E-state index in [2.05, 4.69) is 34.6 Å². The molecule has 2 aromatic carbocycles. The van der Waals surface area contributed by atoms with Gasteiger partial charge in [-0.2, -0.15) is 0 Å². The van der Waals surface area contributed by atoms with Gasteiger partial charge in [0.2, 0.25) is 0 Å². The number of benzene rings is 2. The SMILES string of the molecule is NCc1cnnn1-c1ccc2ccccc2c1. The molecule has 0 aliphatic carbocycles. The summed E-state index contributed by atoms with van der Waals surface area (Å²) in [4.78, 5) is 0. The first-order valence-corrected chi connectivity index (χ1v) is 5.47. The Morgan fingerprint density at radius 2 is 1.88 bits per heavy atom. The van der Waals surface area contributed by atoms with Crippen LogP contribution in [-0.2, 0) is 6.54 Å². The highest BCUT2D eigenvalue weighted by Crippen LogP contribution is 2.18. The van der Waals surface area contributed by atoms with Gasteiger partial charge in [-0.3, -0.25) is 0 Å². The summed E-state index contributed by atoms with van der Waals surface area (Å²) >= 11 is 0. The van der Waals surface area contributed by atoms with E-state index in [0.29, 0.717) is 6.54 Å². The lowest BCUT2D eigenvalue weighted by Gasteiger charge is -2.05. The van der Waals surface area contributed by atoms with Crippen LogP contribution in [0.5, 0.6) is 0 Å². The summed E-state index contributed by atoms with van der Waals surface area (Å²) < 4.78 is 1.77. The largest absolute Gasteiger partial charge is 0.325 e. The number of rotatable bonds is 2. The molecule has 0 radical (unpaired) electrons. The Morgan fingerprint density at radius 3 is 2.71 bits per heavy atom. The molecule has 0 unspecified atom stereocenters. The minimum absolute atomic E-state index is 0.430. The summed E-state index contributed by atoms with van der Waals surface area (Å²) in [5.74, 6) is 0. The van der Waals surface area contributed by atoms with E-state index in [1.165, 1.54) is 10.8 Å². The molecule has 0 bridgehead atoms. The van der Waals surface area contributed by atoms with Gasteiger partial charge in [0, 0.05) is 6.54 Å². The van der Waals surface area contributed by atoms with Gasteiger partial charge in [-0.05, 0) is 22.9 Å². The maximum Gasteiger partial charge on any atom is 0.0781 e. The summed E-state index contributed by atoms with van der Waals surface area (Å²) in [5.41, 5.74) is 7.53. The van der Waals surface area contributed by atoms with Crippen LogP contribution in [0.4, 0.5) is 0 Å². The molecule has 0 fully saturated rings. The lowest BCUT2D eigenvalue weighted by molar-refractivity contribution is 0.762. The monoisotopic (exact) mass is 224 g/mol. The van der Waals surface area contributed by atoms with Crippen LogP contribution in [0.2, 0.25) is 0 Å². The van der Waals surface area contributed by atoms with E-state index in [1.807, 2.05) is 18.2 Å². The quantitative estimate of drug-likeness (QED) is 0.723. The second-order valence-corrected chi connectivity index (χ2v) is 3.87. The van der Waals surface area contributed by atoms with Crippen LogP contribution in [0.25, 0.3) is 16.5 Å². The van der Waals surface area contributed by atoms with Crippen molar-refractivity contribution < 1.29 is 0 Å². The fourth-order valence-corrected chi connectivity index (χ4v) is 1.92. The van der Waals surface area contributed by atoms with E-state index < -0.39 is 0 Å². The van der Waals surface area contributed by atoms with Crippen LogP contribution in [0, 0.1) is 0 Å². The second-order valence-electron chi connectivity index (χ2n) is 3.87. The smallest absolute Gasteiger partial charge is 0.0781 e. The van der Waals surface area contributed by atoms with Crippen molar-refractivity contribution in [3.05, 3.63) is 54.4 Å². The van der Waals surface area contributed by atoms with Gasteiger partial charge in [0.25, 0.3) is 0 Å².